The number of carboxylic acid groups (broad SMARTS) is 1. The summed E-state index contributed by atoms with van der Waals surface area (Å²) in [7, 11) is -3.97. The maximum absolute atomic E-state index is 12.4. The summed E-state index contributed by atoms with van der Waals surface area (Å²) in [5, 5.41) is 18.0. The van der Waals surface area contributed by atoms with E-state index in [0.717, 1.165) is 4.31 Å². The average molecular weight is 298 g/mol. The lowest BCUT2D eigenvalue weighted by Crippen LogP contribution is -2.41. The number of carbonyl (C=O) groups is 1. The molecular weight excluding hydrogens is 288 g/mol. The minimum Gasteiger partial charge on any atom is -0.480 e. The number of nitrogens with zero attached hydrogens (tertiary/aromatic N) is 2. The molecule has 0 radical (unpaired) electrons. The summed E-state index contributed by atoms with van der Waals surface area (Å²) in [6.07, 6.45) is 0. The van der Waals surface area contributed by atoms with E-state index >= 15 is 0 Å². The Hall–Kier alpha value is -1.56. The zero-order valence-corrected chi connectivity index (χ0v) is 11.3. The molecule has 2 rings (SSSR count). The number of thioether (sulfide) groups is 1. The predicted octanol–water partition coefficient (Wildman–Crippen LogP) is 0.706. The summed E-state index contributed by atoms with van der Waals surface area (Å²) in [5.74, 6) is -0.884. The van der Waals surface area contributed by atoms with E-state index < -0.39 is 22.0 Å². The van der Waals surface area contributed by atoms with E-state index in [1.54, 1.807) is 6.07 Å². The summed E-state index contributed by atoms with van der Waals surface area (Å²) in [4.78, 5) is 10.9. The molecule has 1 aromatic rings. The van der Waals surface area contributed by atoms with Crippen molar-refractivity contribution >= 4 is 27.8 Å². The molecule has 1 saturated heterocycles. The van der Waals surface area contributed by atoms with Crippen LogP contribution >= 0.6 is 11.8 Å². The smallest absolute Gasteiger partial charge is 0.322 e. The van der Waals surface area contributed by atoms with Gasteiger partial charge in [0, 0.05) is 5.75 Å². The summed E-state index contributed by atoms with van der Waals surface area (Å²) < 4.78 is 25.8. The van der Waals surface area contributed by atoms with Gasteiger partial charge in [0.2, 0.25) is 10.0 Å². The van der Waals surface area contributed by atoms with Crippen LogP contribution in [0.5, 0.6) is 0 Å². The van der Waals surface area contributed by atoms with Crippen molar-refractivity contribution in [1.29, 1.82) is 5.26 Å². The summed E-state index contributed by atoms with van der Waals surface area (Å²) in [6.45, 7) is 0. The predicted molar refractivity (Wildman–Crippen MR) is 68.9 cm³/mol. The number of carboxylic acids is 1. The first-order chi connectivity index (χ1) is 8.98. The van der Waals surface area contributed by atoms with Gasteiger partial charge in [-0.2, -0.15) is 9.57 Å². The number of benzene rings is 1. The number of hydrogen-bond donors (Lipinski definition) is 1. The number of hydrogen-bond acceptors (Lipinski definition) is 5. The molecule has 8 heteroatoms. The molecule has 1 N–H and O–H groups in total. The third-order valence-electron chi connectivity index (χ3n) is 2.72. The number of sulfonamides is 1. The topological polar surface area (TPSA) is 98.5 Å². The third-order valence-corrected chi connectivity index (χ3v) is 5.81. The van der Waals surface area contributed by atoms with Crippen molar-refractivity contribution in [1.82, 2.24) is 4.31 Å². The lowest BCUT2D eigenvalue weighted by atomic mass is 10.2. The van der Waals surface area contributed by atoms with Gasteiger partial charge in [0.25, 0.3) is 0 Å². The van der Waals surface area contributed by atoms with Crippen molar-refractivity contribution in [3.63, 3.8) is 0 Å². The Balaban J connectivity index is 2.49. The third kappa shape index (κ3) is 2.45. The fraction of sp³-hybridized carbons (Fsp3) is 0.273. The van der Waals surface area contributed by atoms with Gasteiger partial charge in [0.15, 0.2) is 0 Å². The van der Waals surface area contributed by atoms with Crippen LogP contribution in [0.15, 0.2) is 29.2 Å². The van der Waals surface area contributed by atoms with Gasteiger partial charge in [-0.15, -0.1) is 11.8 Å². The van der Waals surface area contributed by atoms with Gasteiger partial charge in [0.05, 0.1) is 11.4 Å². The molecule has 1 aliphatic heterocycles. The Bertz CT molecular complexity index is 651. The Morgan fingerprint density at radius 2 is 2.16 bits per heavy atom. The highest BCUT2D eigenvalue weighted by atomic mass is 32.2. The van der Waals surface area contributed by atoms with Gasteiger partial charge in [-0.1, -0.05) is 12.1 Å². The van der Waals surface area contributed by atoms with E-state index in [-0.39, 0.29) is 22.1 Å². The summed E-state index contributed by atoms with van der Waals surface area (Å²) in [6, 6.07) is 6.50. The van der Waals surface area contributed by atoms with Crippen LogP contribution in [0.4, 0.5) is 0 Å². The van der Waals surface area contributed by atoms with Gasteiger partial charge in [-0.05, 0) is 12.1 Å². The van der Waals surface area contributed by atoms with E-state index in [0.29, 0.717) is 0 Å². The van der Waals surface area contributed by atoms with E-state index in [1.165, 1.54) is 30.0 Å². The molecular formula is C11H10N2O4S2. The lowest BCUT2D eigenvalue weighted by molar-refractivity contribution is -0.140. The van der Waals surface area contributed by atoms with Gasteiger partial charge < -0.3 is 5.11 Å². The molecule has 1 aromatic carbocycles. The fourth-order valence-electron chi connectivity index (χ4n) is 1.77. The molecule has 0 unspecified atom stereocenters. The van der Waals surface area contributed by atoms with Gasteiger partial charge in [0.1, 0.15) is 17.0 Å². The highest BCUT2D eigenvalue weighted by Gasteiger charge is 2.40. The van der Waals surface area contributed by atoms with E-state index in [4.69, 9.17) is 10.4 Å². The fourth-order valence-corrected chi connectivity index (χ4v) is 5.05. The second-order valence-corrected chi connectivity index (χ2v) is 6.71. The Labute approximate surface area is 114 Å². The first kappa shape index (κ1) is 13.9. The number of rotatable bonds is 3. The molecule has 0 bridgehead atoms. The molecule has 0 saturated carbocycles. The molecule has 0 spiro atoms. The largest absolute Gasteiger partial charge is 0.480 e. The Morgan fingerprint density at radius 1 is 1.47 bits per heavy atom. The second-order valence-electron chi connectivity index (χ2n) is 3.85. The molecule has 6 nitrogen and oxygen atoms in total. The quantitative estimate of drug-likeness (QED) is 0.882. The molecule has 0 amide bonds. The van der Waals surface area contributed by atoms with E-state index in [1.807, 2.05) is 6.07 Å². The molecule has 0 aromatic heterocycles. The van der Waals surface area contributed by atoms with Gasteiger partial charge in [-0.25, -0.2) is 8.42 Å². The van der Waals surface area contributed by atoms with Gasteiger partial charge >= 0.3 is 5.97 Å². The van der Waals surface area contributed by atoms with Crippen LogP contribution in [-0.2, 0) is 14.8 Å². The van der Waals surface area contributed by atoms with Crippen LogP contribution in [-0.4, -0.2) is 41.5 Å². The Morgan fingerprint density at radius 3 is 2.79 bits per heavy atom. The second kappa shape index (κ2) is 5.21. The van der Waals surface area contributed by atoms with E-state index in [2.05, 4.69) is 0 Å². The van der Waals surface area contributed by atoms with Crippen molar-refractivity contribution in [3.8, 4) is 6.07 Å². The van der Waals surface area contributed by atoms with Crippen LogP contribution in [0.25, 0.3) is 0 Å². The van der Waals surface area contributed by atoms with Crippen LogP contribution in [0.3, 0.4) is 0 Å². The summed E-state index contributed by atoms with van der Waals surface area (Å²) in [5.41, 5.74) is 0.0172. The molecule has 1 aliphatic rings. The van der Waals surface area contributed by atoms with Crippen LogP contribution in [0, 0.1) is 11.3 Å². The highest BCUT2D eigenvalue weighted by Crippen LogP contribution is 2.29. The minimum atomic E-state index is -3.97. The molecule has 19 heavy (non-hydrogen) atoms. The molecule has 1 fully saturated rings. The van der Waals surface area contributed by atoms with Crippen LogP contribution < -0.4 is 0 Å². The summed E-state index contributed by atoms with van der Waals surface area (Å²) >= 11 is 1.24. The molecule has 100 valence electrons. The average Bonchev–Trinajstić information content (AvgIpc) is 2.88. The maximum atomic E-state index is 12.4. The highest BCUT2D eigenvalue weighted by molar-refractivity contribution is 8.00. The molecule has 0 aliphatic carbocycles. The van der Waals surface area contributed by atoms with Crippen LogP contribution in [0.1, 0.15) is 5.56 Å². The lowest BCUT2D eigenvalue weighted by Gasteiger charge is -2.20. The zero-order valence-electron chi connectivity index (χ0n) is 9.68. The minimum absolute atomic E-state index is 0.0172. The normalized spacial score (nSPS) is 20.1. The van der Waals surface area contributed by atoms with Crippen molar-refractivity contribution in [2.24, 2.45) is 0 Å². The number of aliphatic carboxylic acids is 1. The van der Waals surface area contributed by atoms with Crippen molar-refractivity contribution in [3.05, 3.63) is 29.8 Å². The standard InChI is InChI=1S/C11H10N2O4S2/c12-5-8-3-1-2-4-10(8)19(16,17)13-7-18-6-9(13)11(14)15/h1-4,9H,6-7H2,(H,14,15)/t9-/m0/s1. The van der Waals surface area contributed by atoms with Crippen molar-refractivity contribution in [2.75, 3.05) is 11.6 Å². The van der Waals surface area contributed by atoms with Gasteiger partial charge in [-0.3, -0.25) is 4.79 Å². The van der Waals surface area contributed by atoms with Crippen molar-refractivity contribution in [2.45, 2.75) is 10.9 Å². The zero-order chi connectivity index (χ0) is 14.0. The Kier molecular flexibility index (Phi) is 3.80. The monoisotopic (exact) mass is 298 g/mol. The number of nitriles is 1. The first-order valence-corrected chi connectivity index (χ1v) is 7.89. The molecule has 1 heterocycles. The van der Waals surface area contributed by atoms with Crippen LogP contribution in [0.2, 0.25) is 0 Å². The maximum Gasteiger partial charge on any atom is 0.322 e. The molecule has 1 atom stereocenters. The van der Waals surface area contributed by atoms with E-state index in [9.17, 15) is 13.2 Å². The first-order valence-electron chi connectivity index (χ1n) is 5.30. The SMILES string of the molecule is N#Cc1ccccc1S(=O)(=O)N1CSC[C@H]1C(=O)O. The van der Waals surface area contributed by atoms with Crippen molar-refractivity contribution < 1.29 is 18.3 Å².